The zero-order valence-electron chi connectivity index (χ0n) is 12.2. The molecule has 6 nitrogen and oxygen atoms in total. The quantitative estimate of drug-likeness (QED) is 0.442. The maximum absolute atomic E-state index is 9.40. The van der Waals surface area contributed by atoms with E-state index in [0.29, 0.717) is 12.2 Å². The van der Waals surface area contributed by atoms with Crippen molar-refractivity contribution in [1.29, 1.82) is 0 Å². The number of nitrogen functional groups attached to an aromatic ring is 1. The van der Waals surface area contributed by atoms with Gasteiger partial charge < -0.3 is 15.8 Å². The number of nitrogens with zero attached hydrogens (tertiary/aromatic N) is 2. The fourth-order valence-electron chi connectivity index (χ4n) is 1.98. The number of anilines is 2. The van der Waals surface area contributed by atoms with Crippen molar-refractivity contribution in [2.45, 2.75) is 59.1 Å². The van der Waals surface area contributed by atoms with Gasteiger partial charge in [-0.25, -0.2) is 15.8 Å². The number of aromatic nitrogens is 2. The molecule has 19 heavy (non-hydrogen) atoms. The Kier molecular flexibility index (Phi) is 5.98. The highest BCUT2D eigenvalue weighted by Crippen LogP contribution is 2.21. The summed E-state index contributed by atoms with van der Waals surface area (Å²) in [5, 5.41) is 12.7. The fraction of sp³-hybridized carbons (Fsp3) is 0.692. The van der Waals surface area contributed by atoms with Gasteiger partial charge in [0.1, 0.15) is 17.5 Å². The minimum Gasteiger partial charge on any atom is -0.393 e. The highest BCUT2D eigenvalue weighted by molar-refractivity contribution is 5.57. The molecule has 108 valence electrons. The van der Waals surface area contributed by atoms with Gasteiger partial charge in [0, 0.05) is 18.0 Å². The minimum atomic E-state index is -0.341. The lowest BCUT2D eigenvalue weighted by molar-refractivity contribution is 0.179. The largest absolute Gasteiger partial charge is 0.393 e. The standard InChI is InChI=1S/C13H25N5O/c1-5-6-11-16-12(10(4)13(17-11)18-14)15-8(2)7-9(3)19/h8-9,19H,5-7,14H2,1-4H3,(H2,15,16,17,18). The lowest BCUT2D eigenvalue weighted by atomic mass is 10.1. The first kappa shape index (κ1) is 15.7. The smallest absolute Gasteiger partial charge is 0.148 e. The second kappa shape index (κ2) is 7.25. The number of hydrazine groups is 1. The van der Waals surface area contributed by atoms with Crippen LogP contribution in [0.5, 0.6) is 0 Å². The second-order valence-electron chi connectivity index (χ2n) is 4.99. The van der Waals surface area contributed by atoms with Crippen LogP contribution in [0.15, 0.2) is 0 Å². The topological polar surface area (TPSA) is 96.1 Å². The Morgan fingerprint density at radius 3 is 2.42 bits per heavy atom. The van der Waals surface area contributed by atoms with Crippen LogP contribution in [0.2, 0.25) is 0 Å². The third-order valence-corrected chi connectivity index (χ3v) is 2.88. The number of hydrogen-bond donors (Lipinski definition) is 4. The summed E-state index contributed by atoms with van der Waals surface area (Å²) in [5.74, 6) is 7.68. The highest BCUT2D eigenvalue weighted by Gasteiger charge is 2.13. The Bertz CT molecular complexity index is 408. The lowest BCUT2D eigenvalue weighted by Gasteiger charge is -2.19. The fourth-order valence-corrected chi connectivity index (χ4v) is 1.98. The number of aliphatic hydroxyl groups excluding tert-OH is 1. The van der Waals surface area contributed by atoms with Gasteiger partial charge in [0.2, 0.25) is 0 Å². The number of rotatable bonds is 7. The van der Waals surface area contributed by atoms with Gasteiger partial charge in [-0.15, -0.1) is 0 Å². The Hall–Kier alpha value is -1.40. The number of aryl methyl sites for hydroxylation is 1. The van der Waals surface area contributed by atoms with E-state index in [1.165, 1.54) is 0 Å². The first-order chi connectivity index (χ1) is 8.97. The molecule has 0 spiro atoms. The first-order valence-corrected chi connectivity index (χ1v) is 6.76. The van der Waals surface area contributed by atoms with E-state index < -0.39 is 0 Å². The Balaban J connectivity index is 2.94. The van der Waals surface area contributed by atoms with Crippen molar-refractivity contribution in [2.75, 3.05) is 10.7 Å². The van der Waals surface area contributed by atoms with Crippen LogP contribution in [0.3, 0.4) is 0 Å². The molecule has 0 saturated heterocycles. The first-order valence-electron chi connectivity index (χ1n) is 6.76. The molecule has 0 radical (unpaired) electrons. The number of hydrogen-bond acceptors (Lipinski definition) is 6. The highest BCUT2D eigenvalue weighted by atomic mass is 16.3. The Morgan fingerprint density at radius 1 is 1.26 bits per heavy atom. The zero-order valence-corrected chi connectivity index (χ0v) is 12.2. The van der Waals surface area contributed by atoms with Crippen LogP contribution in [-0.4, -0.2) is 27.2 Å². The molecule has 0 aliphatic rings. The molecule has 1 aromatic heterocycles. The third-order valence-electron chi connectivity index (χ3n) is 2.88. The van der Waals surface area contributed by atoms with Crippen molar-refractivity contribution in [3.05, 3.63) is 11.4 Å². The molecule has 1 heterocycles. The van der Waals surface area contributed by atoms with Gasteiger partial charge in [-0.3, -0.25) is 0 Å². The van der Waals surface area contributed by atoms with Crippen LogP contribution in [0.1, 0.15) is 45.0 Å². The minimum absolute atomic E-state index is 0.133. The third kappa shape index (κ3) is 4.65. The summed E-state index contributed by atoms with van der Waals surface area (Å²) in [6.45, 7) is 7.80. The van der Waals surface area contributed by atoms with Gasteiger partial charge in [-0.05, 0) is 33.6 Å². The summed E-state index contributed by atoms with van der Waals surface area (Å²) in [6, 6.07) is 0.133. The predicted molar refractivity (Wildman–Crippen MR) is 78.0 cm³/mol. The van der Waals surface area contributed by atoms with Gasteiger partial charge in [-0.1, -0.05) is 6.92 Å². The van der Waals surface area contributed by atoms with Gasteiger partial charge >= 0.3 is 0 Å². The van der Waals surface area contributed by atoms with E-state index >= 15 is 0 Å². The average molecular weight is 267 g/mol. The maximum Gasteiger partial charge on any atom is 0.148 e. The number of aliphatic hydroxyl groups is 1. The molecule has 0 bridgehead atoms. The molecule has 2 atom stereocenters. The lowest BCUT2D eigenvalue weighted by Crippen LogP contribution is -2.23. The van der Waals surface area contributed by atoms with Crippen molar-refractivity contribution in [2.24, 2.45) is 5.84 Å². The van der Waals surface area contributed by atoms with Crippen molar-refractivity contribution >= 4 is 11.6 Å². The molecule has 0 aliphatic carbocycles. The molecular formula is C13H25N5O. The summed E-state index contributed by atoms with van der Waals surface area (Å²) in [6.07, 6.45) is 2.12. The summed E-state index contributed by atoms with van der Waals surface area (Å²) in [7, 11) is 0. The van der Waals surface area contributed by atoms with Crippen molar-refractivity contribution in [3.63, 3.8) is 0 Å². The van der Waals surface area contributed by atoms with Crippen LogP contribution in [-0.2, 0) is 6.42 Å². The van der Waals surface area contributed by atoms with Crippen molar-refractivity contribution in [3.8, 4) is 0 Å². The van der Waals surface area contributed by atoms with E-state index in [4.69, 9.17) is 5.84 Å². The number of nitrogens with two attached hydrogens (primary N) is 1. The van der Waals surface area contributed by atoms with E-state index in [2.05, 4.69) is 27.6 Å². The summed E-state index contributed by atoms with van der Waals surface area (Å²) in [5.41, 5.74) is 3.50. The molecule has 1 aromatic rings. The summed E-state index contributed by atoms with van der Waals surface area (Å²) >= 11 is 0. The second-order valence-corrected chi connectivity index (χ2v) is 4.99. The summed E-state index contributed by atoms with van der Waals surface area (Å²) in [4.78, 5) is 8.89. The number of nitrogens with one attached hydrogen (secondary N) is 2. The molecule has 0 aromatic carbocycles. The molecule has 0 fully saturated rings. The van der Waals surface area contributed by atoms with E-state index in [1.807, 2.05) is 13.8 Å². The SMILES string of the molecule is CCCc1nc(NN)c(C)c(NC(C)CC(C)O)n1. The molecule has 1 rings (SSSR count). The van der Waals surface area contributed by atoms with Gasteiger partial charge in [0.15, 0.2) is 0 Å². The Labute approximate surface area is 114 Å². The van der Waals surface area contributed by atoms with Gasteiger partial charge in [-0.2, -0.15) is 0 Å². The average Bonchev–Trinajstić information content (AvgIpc) is 2.32. The van der Waals surface area contributed by atoms with Crippen molar-refractivity contribution in [1.82, 2.24) is 9.97 Å². The van der Waals surface area contributed by atoms with Gasteiger partial charge in [0.05, 0.1) is 6.10 Å². The van der Waals surface area contributed by atoms with E-state index in [0.717, 1.165) is 30.0 Å². The summed E-state index contributed by atoms with van der Waals surface area (Å²) < 4.78 is 0. The molecule has 0 aliphatic heterocycles. The molecular weight excluding hydrogens is 242 g/mol. The van der Waals surface area contributed by atoms with Gasteiger partial charge in [0.25, 0.3) is 0 Å². The van der Waals surface area contributed by atoms with Crippen LogP contribution >= 0.6 is 0 Å². The van der Waals surface area contributed by atoms with E-state index in [9.17, 15) is 5.11 Å². The molecule has 6 heteroatoms. The Morgan fingerprint density at radius 2 is 1.89 bits per heavy atom. The van der Waals surface area contributed by atoms with Crippen LogP contribution < -0.4 is 16.6 Å². The van der Waals surface area contributed by atoms with Crippen molar-refractivity contribution < 1.29 is 5.11 Å². The normalized spacial score (nSPS) is 14.0. The molecule has 2 unspecified atom stereocenters. The van der Waals surface area contributed by atoms with E-state index in [1.54, 1.807) is 6.92 Å². The van der Waals surface area contributed by atoms with Crippen LogP contribution in [0.25, 0.3) is 0 Å². The predicted octanol–water partition coefficient (Wildman–Crippen LogP) is 1.59. The molecule has 0 amide bonds. The zero-order chi connectivity index (χ0) is 14.4. The monoisotopic (exact) mass is 267 g/mol. The molecule has 0 saturated carbocycles. The molecule has 5 N–H and O–H groups in total. The van der Waals surface area contributed by atoms with Crippen LogP contribution in [0, 0.1) is 6.92 Å². The van der Waals surface area contributed by atoms with E-state index in [-0.39, 0.29) is 12.1 Å². The van der Waals surface area contributed by atoms with Crippen LogP contribution in [0.4, 0.5) is 11.6 Å². The maximum atomic E-state index is 9.40.